The molecule has 1 heterocycles. The average Bonchev–Trinajstić information content (AvgIpc) is 3.54. The molecule has 13 nitrogen and oxygen atoms in total. The Kier molecular flexibility index (Phi) is 12.8. The number of hydrogen-bond donors (Lipinski definition) is 5. The number of carbonyl (C=O) groups excluding carboxylic acids is 3. The van der Waals surface area contributed by atoms with Crippen LogP contribution in [0.25, 0.3) is 11.0 Å². The second kappa shape index (κ2) is 16.8. The molecule has 2 saturated carbocycles. The Morgan fingerprint density at radius 3 is 2.02 bits per heavy atom. The predicted molar refractivity (Wildman–Crippen MR) is 222 cm³/mol. The first-order valence-corrected chi connectivity index (χ1v) is 21.6. The Labute approximate surface area is 355 Å². The Morgan fingerprint density at radius 1 is 0.885 bits per heavy atom. The van der Waals surface area contributed by atoms with Gasteiger partial charge in [-0.3, -0.25) is 9.59 Å². The van der Waals surface area contributed by atoms with Gasteiger partial charge in [0.15, 0.2) is 28.5 Å². The van der Waals surface area contributed by atoms with Gasteiger partial charge >= 0.3 is 11.7 Å². The van der Waals surface area contributed by atoms with Gasteiger partial charge in [0.25, 0.3) is 5.91 Å². The van der Waals surface area contributed by atoms with Crippen molar-refractivity contribution in [3.63, 3.8) is 0 Å². The minimum Gasteiger partial charge on any atom is -0.503 e. The van der Waals surface area contributed by atoms with Crippen LogP contribution in [0.5, 0.6) is 5.75 Å². The van der Waals surface area contributed by atoms with Crippen molar-refractivity contribution < 1.29 is 57.9 Å². The normalized spacial score (nSPS) is 31.1. The second-order valence-electron chi connectivity index (χ2n) is 18.8. The number of ether oxygens (including phenoxy) is 1. The van der Waals surface area contributed by atoms with Gasteiger partial charge in [-0.2, -0.15) is 4.39 Å². The quantitative estimate of drug-likeness (QED) is 0.0737. The number of fused-ring (bicyclic) bond motifs is 6. The smallest absolute Gasteiger partial charge is 0.410 e. The minimum atomic E-state index is -1.97. The Morgan fingerprint density at radius 2 is 1.44 bits per heavy atom. The van der Waals surface area contributed by atoms with Crippen LogP contribution >= 0.6 is 0 Å². The van der Waals surface area contributed by atoms with Gasteiger partial charge < -0.3 is 44.5 Å². The molecule has 2 amide bonds. The number of phenolic OH excluding ortho intramolecular Hbond substituents is 1. The number of benzene rings is 1. The molecule has 1 aromatic carbocycles. The maximum absolute atomic E-state index is 14.1. The molecule has 0 saturated heterocycles. The monoisotopic (exact) mass is 856 g/mol. The van der Waals surface area contributed by atoms with Gasteiger partial charge in [0.05, 0.1) is 12.2 Å². The van der Waals surface area contributed by atoms with E-state index in [1.165, 1.54) is 9.80 Å². The zero-order valence-corrected chi connectivity index (χ0v) is 36.4. The van der Waals surface area contributed by atoms with Crippen molar-refractivity contribution in [2.45, 2.75) is 128 Å². The molecule has 0 aliphatic heterocycles. The standard InChI is InChI=1S/C46H62F2N2O11/c1-26-20-33-44(58,37(26)53)24-28(25-51)21-32-43(5)42(3,4)46(43,38(54)27(2)45(32,33)59)61-41(57)50(7)19-17-15-13-11-9-8-10-12-14-16-18-49(6)39(55)30-22-29-23-31(47)35(52)34(48)36(29)60-40(30)56/h20-23,27,32-33,38,51-52,54,58-59H,8-19,24-25H2,1-7H3/t27-,32+,33-,38-,43-,44-,45-,46-/m1/s1. The second-order valence-corrected chi connectivity index (χ2v) is 18.8. The van der Waals surface area contributed by atoms with Gasteiger partial charge in [-0.15, -0.1) is 0 Å². The summed E-state index contributed by atoms with van der Waals surface area (Å²) in [7, 11) is 3.21. The van der Waals surface area contributed by atoms with E-state index < -0.39 is 104 Å². The summed E-state index contributed by atoms with van der Waals surface area (Å²) >= 11 is 0. The number of Topliss-reactive ketones (excluding diaryl/α,β-unsaturated/α-hetero) is 1. The van der Waals surface area contributed by atoms with Crippen molar-refractivity contribution in [3.8, 4) is 5.75 Å². The summed E-state index contributed by atoms with van der Waals surface area (Å²) in [5.41, 5.74) is -8.29. The highest BCUT2D eigenvalue weighted by atomic mass is 19.1. The van der Waals surface area contributed by atoms with Gasteiger partial charge in [0.2, 0.25) is 5.82 Å². The lowest BCUT2D eigenvalue weighted by Crippen LogP contribution is -2.67. The van der Waals surface area contributed by atoms with Crippen molar-refractivity contribution in [1.82, 2.24) is 9.80 Å². The van der Waals surface area contributed by atoms with Crippen LogP contribution in [-0.4, -0.2) is 110 Å². The molecule has 1 aromatic heterocycles. The third-order valence-electron chi connectivity index (χ3n) is 15.2. The predicted octanol–water partition coefficient (Wildman–Crippen LogP) is 6.16. The zero-order valence-electron chi connectivity index (χ0n) is 36.4. The molecule has 8 atom stereocenters. The number of aliphatic hydroxyl groups excluding tert-OH is 2. The summed E-state index contributed by atoms with van der Waals surface area (Å²) in [6, 6.07) is 1.87. The summed E-state index contributed by atoms with van der Waals surface area (Å²) in [4.78, 5) is 55.1. The summed E-state index contributed by atoms with van der Waals surface area (Å²) in [5, 5.41) is 56.2. The van der Waals surface area contributed by atoms with E-state index in [1.807, 2.05) is 20.8 Å². The number of amides is 2. The molecule has 61 heavy (non-hydrogen) atoms. The number of aromatic hydroxyl groups is 1. The minimum absolute atomic E-state index is 0.148. The Balaban J connectivity index is 0.912. The third-order valence-corrected chi connectivity index (χ3v) is 15.2. The molecular formula is C46H62F2N2O11. The summed E-state index contributed by atoms with van der Waals surface area (Å²) < 4.78 is 39.2. The number of carbonyl (C=O) groups is 3. The molecule has 4 aliphatic carbocycles. The largest absolute Gasteiger partial charge is 0.503 e. The molecule has 0 radical (unpaired) electrons. The molecule has 0 spiro atoms. The molecule has 2 fully saturated rings. The first-order chi connectivity index (χ1) is 28.6. The molecule has 15 heteroatoms. The highest BCUT2D eigenvalue weighted by molar-refractivity contribution is 6.05. The van der Waals surface area contributed by atoms with Crippen LogP contribution < -0.4 is 5.63 Å². The summed E-state index contributed by atoms with van der Waals surface area (Å²) in [5.74, 6) is -7.74. The number of halogens is 2. The van der Waals surface area contributed by atoms with E-state index >= 15 is 0 Å². The lowest BCUT2D eigenvalue weighted by Gasteiger charge is -2.54. The molecule has 6 rings (SSSR count). The van der Waals surface area contributed by atoms with Crippen LogP contribution in [-0.2, 0) is 9.53 Å². The maximum Gasteiger partial charge on any atom is 0.410 e. The number of unbranched alkanes of at least 4 members (excludes halogenated alkanes) is 9. The van der Waals surface area contributed by atoms with Crippen molar-refractivity contribution in [2.75, 3.05) is 33.8 Å². The maximum atomic E-state index is 14.1. The van der Waals surface area contributed by atoms with Crippen LogP contribution in [0.2, 0.25) is 0 Å². The first-order valence-electron chi connectivity index (χ1n) is 21.6. The van der Waals surface area contributed by atoms with Gasteiger partial charge in [0.1, 0.15) is 17.3 Å². The van der Waals surface area contributed by atoms with E-state index in [9.17, 15) is 53.5 Å². The summed E-state index contributed by atoms with van der Waals surface area (Å²) in [6.07, 6.45) is 10.7. The van der Waals surface area contributed by atoms with Gasteiger partial charge in [-0.25, -0.2) is 14.0 Å². The lowest BCUT2D eigenvalue weighted by atomic mass is 9.55. The van der Waals surface area contributed by atoms with Crippen LogP contribution in [0.3, 0.4) is 0 Å². The number of ketones is 1. The van der Waals surface area contributed by atoms with Crippen molar-refractivity contribution >= 4 is 28.8 Å². The van der Waals surface area contributed by atoms with E-state index in [0.717, 1.165) is 69.9 Å². The molecule has 5 N–H and O–H groups in total. The average molecular weight is 857 g/mol. The zero-order chi connectivity index (χ0) is 45.0. The van der Waals surface area contributed by atoms with E-state index in [-0.39, 0.29) is 17.4 Å². The fourth-order valence-corrected chi connectivity index (χ4v) is 11.3. The molecule has 4 aliphatic rings. The SMILES string of the molecule is CC1=C[C@H]2[C@@]3(O)[C@H](C)[C@@H](O)[C@@]4(OC(=O)N(C)CCCCCCCCCCCCN(C)C(=O)c5cc6cc(F)c(O)c(F)c6oc5=O)C(C)(C)[C@@]4(C)[C@@H]3C=C(CO)C[C@]2(O)C1=O. The Bertz CT molecular complexity index is 2190. The fourth-order valence-electron chi connectivity index (χ4n) is 11.3. The molecule has 336 valence electrons. The first kappa shape index (κ1) is 46.3. The number of aliphatic hydroxyl groups is 4. The fraction of sp³-hybridized carbons (Fsp3) is 0.652. The lowest BCUT2D eigenvalue weighted by molar-refractivity contribution is -0.223. The van der Waals surface area contributed by atoms with Crippen LogP contribution in [0.15, 0.2) is 44.6 Å². The molecule has 0 unspecified atom stereocenters. The van der Waals surface area contributed by atoms with Crippen LogP contribution in [0.4, 0.5) is 13.6 Å². The van der Waals surface area contributed by atoms with Crippen molar-refractivity contribution in [1.29, 1.82) is 0 Å². The van der Waals surface area contributed by atoms with E-state index in [1.54, 1.807) is 40.1 Å². The number of nitrogens with zero attached hydrogens (tertiary/aromatic N) is 2. The Hall–Kier alpha value is -4.18. The van der Waals surface area contributed by atoms with Gasteiger partial charge in [-0.05, 0) is 43.0 Å². The highest BCUT2D eigenvalue weighted by Gasteiger charge is 2.93. The molecular weight excluding hydrogens is 795 g/mol. The topological polar surface area (TPSA) is 198 Å². The van der Waals surface area contributed by atoms with E-state index in [4.69, 9.17) is 9.15 Å². The number of hydrogen-bond acceptors (Lipinski definition) is 11. The van der Waals surface area contributed by atoms with Crippen molar-refractivity contribution in [2.24, 2.45) is 28.6 Å². The van der Waals surface area contributed by atoms with E-state index in [0.29, 0.717) is 30.7 Å². The van der Waals surface area contributed by atoms with Crippen molar-refractivity contribution in [3.05, 3.63) is 63.0 Å². The van der Waals surface area contributed by atoms with Crippen LogP contribution in [0, 0.1) is 40.2 Å². The molecule has 0 bridgehead atoms. The van der Waals surface area contributed by atoms with Gasteiger partial charge in [0, 0.05) is 67.6 Å². The number of phenols is 1. The third kappa shape index (κ3) is 7.20. The molecule has 2 aromatic rings. The number of rotatable bonds is 16. The van der Waals surface area contributed by atoms with E-state index in [2.05, 4.69) is 0 Å². The van der Waals surface area contributed by atoms with Crippen LogP contribution in [0.1, 0.15) is 116 Å². The summed E-state index contributed by atoms with van der Waals surface area (Å²) in [6.45, 7) is 9.34. The highest BCUT2D eigenvalue weighted by Crippen LogP contribution is 2.84. The van der Waals surface area contributed by atoms with Gasteiger partial charge in [-0.1, -0.05) is 91.2 Å².